The highest BCUT2D eigenvalue weighted by molar-refractivity contribution is 5.95. The van der Waals surface area contributed by atoms with Crippen LogP contribution < -0.4 is 29.6 Å². The Morgan fingerprint density at radius 2 is 0.939 bits per heavy atom. The molecule has 2 N–H and O–H groups in total. The van der Waals surface area contributed by atoms with E-state index in [2.05, 4.69) is 10.6 Å². The Morgan fingerprint density at radius 3 is 1.30 bits per heavy atom. The van der Waals surface area contributed by atoms with Crippen LogP contribution in [0.2, 0.25) is 0 Å². The van der Waals surface area contributed by atoms with Gasteiger partial charge in [0.15, 0.2) is 23.0 Å². The molecule has 0 bridgehead atoms. The number of amides is 2. The molecule has 0 fully saturated rings. The quantitative estimate of drug-likeness (QED) is 0.418. The lowest BCUT2D eigenvalue weighted by atomic mass is 10.1. The van der Waals surface area contributed by atoms with Crippen LogP contribution in [0, 0.1) is 0 Å². The van der Waals surface area contributed by atoms with Gasteiger partial charge in [-0.3, -0.25) is 9.59 Å². The number of benzene rings is 2. The summed E-state index contributed by atoms with van der Waals surface area (Å²) in [5, 5.41) is 5.86. The fourth-order valence-electron chi connectivity index (χ4n) is 3.34. The SMILES string of the molecule is COc1ccc(C(=O)NCCCCCCCNC(=O)c2ccc(OC)c(OC)c2)cc1OC. The number of hydrogen-bond donors (Lipinski definition) is 2. The maximum atomic E-state index is 12.3. The van der Waals surface area contributed by atoms with Gasteiger partial charge in [-0.2, -0.15) is 0 Å². The summed E-state index contributed by atoms with van der Waals surface area (Å²) in [6.07, 6.45) is 4.86. The van der Waals surface area contributed by atoms with E-state index in [4.69, 9.17) is 18.9 Å². The number of hydrogen-bond acceptors (Lipinski definition) is 6. The number of unbranched alkanes of at least 4 members (excludes halogenated alkanes) is 4. The molecule has 0 aromatic heterocycles. The van der Waals surface area contributed by atoms with Crippen LogP contribution in [0.3, 0.4) is 0 Å². The minimum absolute atomic E-state index is 0.131. The second-order valence-corrected chi connectivity index (χ2v) is 7.42. The molecule has 2 aromatic carbocycles. The first-order valence-corrected chi connectivity index (χ1v) is 11.0. The summed E-state index contributed by atoms with van der Waals surface area (Å²) in [5.74, 6) is 1.98. The van der Waals surface area contributed by atoms with Gasteiger partial charge < -0.3 is 29.6 Å². The smallest absolute Gasteiger partial charge is 0.251 e. The number of nitrogens with one attached hydrogen (secondary N) is 2. The maximum absolute atomic E-state index is 12.3. The van der Waals surface area contributed by atoms with E-state index in [1.807, 2.05) is 0 Å². The van der Waals surface area contributed by atoms with Gasteiger partial charge in [-0.1, -0.05) is 19.3 Å². The van der Waals surface area contributed by atoms with E-state index in [0.29, 0.717) is 47.2 Å². The summed E-state index contributed by atoms with van der Waals surface area (Å²) in [5.41, 5.74) is 1.08. The molecule has 8 heteroatoms. The third kappa shape index (κ3) is 7.89. The zero-order chi connectivity index (χ0) is 24.1. The van der Waals surface area contributed by atoms with Gasteiger partial charge in [-0.15, -0.1) is 0 Å². The van der Waals surface area contributed by atoms with Crippen molar-refractivity contribution in [1.82, 2.24) is 10.6 Å². The van der Waals surface area contributed by atoms with E-state index in [0.717, 1.165) is 32.1 Å². The van der Waals surface area contributed by atoms with Gasteiger partial charge >= 0.3 is 0 Å². The van der Waals surface area contributed by atoms with Gasteiger partial charge in [0.05, 0.1) is 28.4 Å². The first-order valence-electron chi connectivity index (χ1n) is 11.0. The fraction of sp³-hybridized carbons (Fsp3) is 0.440. The Labute approximate surface area is 195 Å². The van der Waals surface area contributed by atoms with Crippen molar-refractivity contribution in [2.75, 3.05) is 41.5 Å². The molecular weight excluding hydrogens is 424 g/mol. The molecule has 0 aliphatic carbocycles. The van der Waals surface area contributed by atoms with E-state index in [9.17, 15) is 9.59 Å². The van der Waals surface area contributed by atoms with Crippen molar-refractivity contribution in [3.63, 3.8) is 0 Å². The predicted molar refractivity (Wildman–Crippen MR) is 127 cm³/mol. The molecule has 0 spiro atoms. The van der Waals surface area contributed by atoms with Gasteiger partial charge in [0.2, 0.25) is 0 Å². The number of methoxy groups -OCH3 is 4. The van der Waals surface area contributed by atoms with E-state index >= 15 is 0 Å². The standard InChI is InChI=1S/C25H34N2O6/c1-30-20-12-10-18(16-22(20)32-3)24(28)26-14-8-6-5-7-9-15-27-25(29)19-11-13-21(31-2)23(17-19)33-4/h10-13,16-17H,5-9,14-15H2,1-4H3,(H,26,28)(H,27,29). The largest absolute Gasteiger partial charge is 0.493 e. The second-order valence-electron chi connectivity index (χ2n) is 7.42. The summed E-state index contributed by atoms with van der Waals surface area (Å²) in [7, 11) is 6.20. The number of carbonyl (C=O) groups is 2. The Kier molecular flexibility index (Phi) is 10.9. The average Bonchev–Trinajstić information content (AvgIpc) is 2.86. The highest BCUT2D eigenvalue weighted by Crippen LogP contribution is 2.28. The minimum Gasteiger partial charge on any atom is -0.493 e. The third-order valence-corrected chi connectivity index (χ3v) is 5.22. The number of carbonyl (C=O) groups excluding carboxylic acids is 2. The fourth-order valence-corrected chi connectivity index (χ4v) is 3.34. The van der Waals surface area contributed by atoms with Crippen LogP contribution in [0.5, 0.6) is 23.0 Å². The van der Waals surface area contributed by atoms with Gasteiger partial charge in [0, 0.05) is 24.2 Å². The Hall–Kier alpha value is -3.42. The van der Waals surface area contributed by atoms with Crippen molar-refractivity contribution in [1.29, 1.82) is 0 Å². The first kappa shape index (κ1) is 25.8. The number of ether oxygens (including phenoxy) is 4. The number of rotatable bonds is 14. The molecule has 0 aliphatic rings. The third-order valence-electron chi connectivity index (χ3n) is 5.22. The van der Waals surface area contributed by atoms with Crippen molar-refractivity contribution in [3.05, 3.63) is 47.5 Å². The predicted octanol–water partition coefficient (Wildman–Crippen LogP) is 3.83. The van der Waals surface area contributed by atoms with E-state index in [1.54, 1.807) is 64.8 Å². The van der Waals surface area contributed by atoms with Crippen molar-refractivity contribution in [3.8, 4) is 23.0 Å². The molecule has 2 aromatic rings. The van der Waals surface area contributed by atoms with Crippen LogP contribution in [0.1, 0.15) is 52.8 Å². The van der Waals surface area contributed by atoms with Crippen LogP contribution in [0.25, 0.3) is 0 Å². The lowest BCUT2D eigenvalue weighted by Crippen LogP contribution is -2.24. The van der Waals surface area contributed by atoms with Gasteiger partial charge in [0.1, 0.15) is 0 Å². The van der Waals surface area contributed by atoms with E-state index < -0.39 is 0 Å². The minimum atomic E-state index is -0.131. The lowest BCUT2D eigenvalue weighted by Gasteiger charge is -2.10. The lowest BCUT2D eigenvalue weighted by molar-refractivity contribution is 0.0945. The molecule has 33 heavy (non-hydrogen) atoms. The van der Waals surface area contributed by atoms with Crippen LogP contribution in [-0.4, -0.2) is 53.3 Å². The Bertz CT molecular complexity index is 842. The molecular formula is C25H34N2O6. The summed E-state index contributed by atoms with van der Waals surface area (Å²) in [6, 6.07) is 10.2. The van der Waals surface area contributed by atoms with Crippen molar-refractivity contribution in [2.24, 2.45) is 0 Å². The van der Waals surface area contributed by atoms with E-state index in [1.165, 1.54) is 0 Å². The molecule has 0 unspecified atom stereocenters. The van der Waals surface area contributed by atoms with Crippen LogP contribution in [-0.2, 0) is 0 Å². The normalized spacial score (nSPS) is 10.3. The topological polar surface area (TPSA) is 95.1 Å². The average molecular weight is 459 g/mol. The Morgan fingerprint density at radius 1 is 0.576 bits per heavy atom. The van der Waals surface area contributed by atoms with Crippen LogP contribution in [0.4, 0.5) is 0 Å². The zero-order valence-electron chi connectivity index (χ0n) is 19.9. The molecule has 0 saturated heterocycles. The molecule has 0 radical (unpaired) electrons. The van der Waals surface area contributed by atoms with Gasteiger partial charge in [-0.25, -0.2) is 0 Å². The molecule has 2 rings (SSSR count). The molecule has 180 valence electrons. The second kappa shape index (κ2) is 13.9. The molecule has 8 nitrogen and oxygen atoms in total. The molecule has 2 amide bonds. The summed E-state index contributed by atoms with van der Waals surface area (Å²) in [4.78, 5) is 24.6. The molecule has 0 heterocycles. The van der Waals surface area contributed by atoms with Crippen molar-refractivity contribution < 1.29 is 28.5 Å². The monoisotopic (exact) mass is 458 g/mol. The van der Waals surface area contributed by atoms with Crippen LogP contribution in [0.15, 0.2) is 36.4 Å². The highest BCUT2D eigenvalue weighted by Gasteiger charge is 2.11. The molecule has 0 aliphatic heterocycles. The Balaban J connectivity index is 1.58. The van der Waals surface area contributed by atoms with E-state index in [-0.39, 0.29) is 11.8 Å². The maximum Gasteiger partial charge on any atom is 0.251 e. The van der Waals surface area contributed by atoms with Gasteiger partial charge in [0.25, 0.3) is 11.8 Å². The van der Waals surface area contributed by atoms with Crippen molar-refractivity contribution in [2.45, 2.75) is 32.1 Å². The zero-order valence-corrected chi connectivity index (χ0v) is 19.9. The highest BCUT2D eigenvalue weighted by atomic mass is 16.5. The summed E-state index contributed by atoms with van der Waals surface area (Å²) < 4.78 is 20.8. The first-order chi connectivity index (χ1) is 16.0. The van der Waals surface area contributed by atoms with Crippen LogP contribution >= 0.6 is 0 Å². The summed E-state index contributed by atoms with van der Waals surface area (Å²) in [6.45, 7) is 1.23. The van der Waals surface area contributed by atoms with Gasteiger partial charge in [-0.05, 0) is 49.2 Å². The van der Waals surface area contributed by atoms with Crippen molar-refractivity contribution >= 4 is 11.8 Å². The molecule has 0 atom stereocenters. The molecule has 0 saturated carbocycles. The summed E-state index contributed by atoms with van der Waals surface area (Å²) >= 11 is 0.